The van der Waals surface area contributed by atoms with Crippen LogP contribution in [0.1, 0.15) is 12.8 Å². The second-order valence-electron chi connectivity index (χ2n) is 5.93. The zero-order valence-corrected chi connectivity index (χ0v) is 15.7. The van der Waals surface area contributed by atoms with Crippen LogP contribution in [0.2, 0.25) is 0 Å². The standard InChI is InChI=1S/C16H23N5O2S.ClH/c22-14(18-4-1-7-20-9-5-17-6-10-20)2-8-21-12-19-15-13(16(21)23)3-11-24-15;/h3,11-12,17H,1-2,4-10H2,(H,18,22);1H. The maximum Gasteiger partial charge on any atom is 0.262 e. The van der Waals surface area contributed by atoms with Gasteiger partial charge in [-0.2, -0.15) is 0 Å². The number of thiophene rings is 1. The van der Waals surface area contributed by atoms with Gasteiger partial charge in [0.15, 0.2) is 0 Å². The normalized spacial score (nSPS) is 15.0. The lowest BCUT2D eigenvalue weighted by Crippen LogP contribution is -2.44. The molecule has 0 saturated carbocycles. The monoisotopic (exact) mass is 385 g/mol. The summed E-state index contributed by atoms with van der Waals surface area (Å²) in [4.78, 5) is 31.5. The van der Waals surface area contributed by atoms with Gasteiger partial charge in [-0.3, -0.25) is 14.2 Å². The Morgan fingerprint density at radius 3 is 2.92 bits per heavy atom. The number of amides is 1. The summed E-state index contributed by atoms with van der Waals surface area (Å²) in [6.07, 6.45) is 2.78. The number of nitrogens with one attached hydrogen (secondary N) is 2. The van der Waals surface area contributed by atoms with E-state index in [-0.39, 0.29) is 23.9 Å². The Hall–Kier alpha value is -1.48. The molecule has 1 aliphatic rings. The predicted octanol–water partition coefficient (Wildman–Crippen LogP) is 0.681. The van der Waals surface area contributed by atoms with Gasteiger partial charge < -0.3 is 15.5 Å². The first-order valence-corrected chi connectivity index (χ1v) is 9.24. The average Bonchev–Trinajstić information content (AvgIpc) is 3.09. The molecule has 0 radical (unpaired) electrons. The lowest BCUT2D eigenvalue weighted by molar-refractivity contribution is -0.121. The minimum atomic E-state index is -0.0762. The Balaban J connectivity index is 0.00000225. The molecule has 138 valence electrons. The number of carbonyl (C=O) groups excluding carboxylic acids is 1. The molecule has 2 N–H and O–H groups in total. The van der Waals surface area contributed by atoms with E-state index >= 15 is 0 Å². The number of aryl methyl sites for hydroxylation is 1. The van der Waals surface area contributed by atoms with Crippen molar-refractivity contribution in [2.24, 2.45) is 0 Å². The van der Waals surface area contributed by atoms with Crippen molar-refractivity contribution in [1.29, 1.82) is 0 Å². The molecular weight excluding hydrogens is 362 g/mol. The fourth-order valence-corrected chi connectivity index (χ4v) is 3.55. The third-order valence-electron chi connectivity index (χ3n) is 4.21. The van der Waals surface area contributed by atoms with Gasteiger partial charge in [0, 0.05) is 45.7 Å². The van der Waals surface area contributed by atoms with Crippen LogP contribution in [-0.4, -0.2) is 59.6 Å². The highest BCUT2D eigenvalue weighted by Gasteiger charge is 2.09. The molecule has 0 unspecified atom stereocenters. The summed E-state index contributed by atoms with van der Waals surface area (Å²) in [6.45, 7) is 6.30. The van der Waals surface area contributed by atoms with Gasteiger partial charge in [-0.25, -0.2) is 4.98 Å². The first-order chi connectivity index (χ1) is 11.7. The van der Waals surface area contributed by atoms with Gasteiger partial charge in [0.2, 0.25) is 5.91 Å². The Morgan fingerprint density at radius 2 is 2.12 bits per heavy atom. The van der Waals surface area contributed by atoms with Gasteiger partial charge in [-0.15, -0.1) is 23.7 Å². The van der Waals surface area contributed by atoms with E-state index in [4.69, 9.17) is 0 Å². The largest absolute Gasteiger partial charge is 0.356 e. The van der Waals surface area contributed by atoms with Crippen LogP contribution in [0.3, 0.4) is 0 Å². The van der Waals surface area contributed by atoms with Gasteiger partial charge >= 0.3 is 0 Å². The van der Waals surface area contributed by atoms with E-state index in [0.717, 1.165) is 44.0 Å². The van der Waals surface area contributed by atoms with Crippen molar-refractivity contribution in [3.8, 4) is 0 Å². The molecule has 3 heterocycles. The van der Waals surface area contributed by atoms with Gasteiger partial charge in [0.05, 0.1) is 11.7 Å². The number of halogens is 1. The Kier molecular flexibility index (Phi) is 7.83. The van der Waals surface area contributed by atoms with Crippen LogP contribution in [-0.2, 0) is 11.3 Å². The Labute approximate surface area is 156 Å². The highest BCUT2D eigenvalue weighted by Crippen LogP contribution is 2.13. The van der Waals surface area contributed by atoms with E-state index in [9.17, 15) is 9.59 Å². The summed E-state index contributed by atoms with van der Waals surface area (Å²) < 4.78 is 1.51. The van der Waals surface area contributed by atoms with Crippen molar-refractivity contribution in [1.82, 2.24) is 25.1 Å². The highest BCUT2D eigenvalue weighted by atomic mass is 35.5. The fourth-order valence-electron chi connectivity index (χ4n) is 2.83. The number of hydrogen-bond acceptors (Lipinski definition) is 6. The molecule has 1 saturated heterocycles. The van der Waals surface area contributed by atoms with Gasteiger partial charge in [0.25, 0.3) is 5.56 Å². The smallest absolute Gasteiger partial charge is 0.262 e. The van der Waals surface area contributed by atoms with Crippen molar-refractivity contribution in [3.05, 3.63) is 28.1 Å². The van der Waals surface area contributed by atoms with E-state index in [2.05, 4.69) is 20.5 Å². The number of nitrogens with zero attached hydrogens (tertiary/aromatic N) is 3. The number of fused-ring (bicyclic) bond motifs is 1. The second kappa shape index (κ2) is 9.86. The minimum Gasteiger partial charge on any atom is -0.356 e. The summed E-state index contributed by atoms with van der Waals surface area (Å²) in [5.74, 6) is -0.0207. The molecule has 0 spiro atoms. The summed E-state index contributed by atoms with van der Waals surface area (Å²) in [5, 5.41) is 8.73. The summed E-state index contributed by atoms with van der Waals surface area (Å²) in [7, 11) is 0. The molecular formula is C16H24ClN5O2S. The van der Waals surface area contributed by atoms with Crippen LogP contribution in [0.5, 0.6) is 0 Å². The molecule has 1 fully saturated rings. The third kappa shape index (κ3) is 5.50. The molecule has 25 heavy (non-hydrogen) atoms. The maximum absolute atomic E-state index is 12.2. The van der Waals surface area contributed by atoms with E-state index < -0.39 is 0 Å². The number of piperazine rings is 1. The minimum absolute atomic E-state index is 0. The summed E-state index contributed by atoms with van der Waals surface area (Å²) >= 11 is 1.45. The molecule has 0 aromatic carbocycles. The Morgan fingerprint density at radius 1 is 1.32 bits per heavy atom. The molecule has 0 bridgehead atoms. The van der Waals surface area contributed by atoms with E-state index in [1.54, 1.807) is 6.07 Å². The van der Waals surface area contributed by atoms with Crippen molar-refractivity contribution >= 4 is 39.9 Å². The topological polar surface area (TPSA) is 79.3 Å². The van der Waals surface area contributed by atoms with Crippen molar-refractivity contribution in [2.45, 2.75) is 19.4 Å². The molecule has 1 amide bonds. The molecule has 3 rings (SSSR count). The molecule has 2 aromatic rings. The molecule has 7 nitrogen and oxygen atoms in total. The van der Waals surface area contributed by atoms with Crippen molar-refractivity contribution < 1.29 is 4.79 Å². The summed E-state index contributed by atoms with van der Waals surface area (Å²) in [6, 6.07) is 1.78. The maximum atomic E-state index is 12.2. The lowest BCUT2D eigenvalue weighted by Gasteiger charge is -2.27. The van der Waals surface area contributed by atoms with Crippen LogP contribution >= 0.6 is 23.7 Å². The fraction of sp³-hybridized carbons (Fsp3) is 0.562. The van der Waals surface area contributed by atoms with Crippen LogP contribution < -0.4 is 16.2 Å². The number of carbonyl (C=O) groups is 1. The quantitative estimate of drug-likeness (QED) is 0.685. The highest BCUT2D eigenvalue weighted by molar-refractivity contribution is 7.16. The number of rotatable bonds is 7. The zero-order chi connectivity index (χ0) is 16.8. The van der Waals surface area contributed by atoms with Crippen LogP contribution in [0, 0.1) is 0 Å². The number of hydrogen-bond donors (Lipinski definition) is 2. The van der Waals surface area contributed by atoms with Crippen LogP contribution in [0.4, 0.5) is 0 Å². The lowest BCUT2D eigenvalue weighted by atomic mass is 10.3. The molecule has 9 heteroatoms. The van der Waals surface area contributed by atoms with Crippen molar-refractivity contribution in [2.75, 3.05) is 39.3 Å². The average molecular weight is 386 g/mol. The van der Waals surface area contributed by atoms with E-state index in [0.29, 0.717) is 24.9 Å². The first-order valence-electron chi connectivity index (χ1n) is 8.36. The first kappa shape index (κ1) is 19.8. The zero-order valence-electron chi connectivity index (χ0n) is 14.1. The SMILES string of the molecule is Cl.O=C(CCn1cnc2sccc2c1=O)NCCCN1CCNCC1. The second-order valence-corrected chi connectivity index (χ2v) is 6.82. The molecule has 0 atom stereocenters. The van der Waals surface area contributed by atoms with E-state index in [1.807, 2.05) is 5.38 Å². The van der Waals surface area contributed by atoms with Crippen LogP contribution in [0.15, 0.2) is 22.6 Å². The molecule has 2 aromatic heterocycles. The van der Waals surface area contributed by atoms with Gasteiger partial charge in [-0.05, 0) is 24.4 Å². The molecule has 0 aliphatic carbocycles. The predicted molar refractivity (Wildman–Crippen MR) is 103 cm³/mol. The van der Waals surface area contributed by atoms with Gasteiger partial charge in [-0.1, -0.05) is 0 Å². The molecule has 1 aliphatic heterocycles. The summed E-state index contributed by atoms with van der Waals surface area (Å²) in [5.41, 5.74) is -0.0762. The van der Waals surface area contributed by atoms with Crippen LogP contribution in [0.25, 0.3) is 10.2 Å². The van der Waals surface area contributed by atoms with Gasteiger partial charge in [0.1, 0.15) is 4.83 Å². The number of aromatic nitrogens is 2. The Bertz CT molecular complexity index is 741. The van der Waals surface area contributed by atoms with E-state index in [1.165, 1.54) is 22.2 Å². The van der Waals surface area contributed by atoms with Crippen molar-refractivity contribution in [3.63, 3.8) is 0 Å². The third-order valence-corrected chi connectivity index (χ3v) is 5.03.